The molecule has 0 aliphatic heterocycles. The van der Waals surface area contributed by atoms with Crippen molar-refractivity contribution in [1.82, 2.24) is 5.32 Å². The third-order valence-corrected chi connectivity index (χ3v) is 3.79. The highest BCUT2D eigenvalue weighted by Gasteiger charge is 2.28. The number of hydrogen-bond acceptors (Lipinski definition) is 5. The Hall–Kier alpha value is -1.59. The molecule has 1 atom stereocenters. The summed E-state index contributed by atoms with van der Waals surface area (Å²) in [6.45, 7) is 1.94. The van der Waals surface area contributed by atoms with Gasteiger partial charge in [-0.15, -0.1) is 0 Å². The van der Waals surface area contributed by atoms with E-state index in [0.717, 1.165) is 25.7 Å². The lowest BCUT2D eigenvalue weighted by atomic mass is 9.82. The minimum atomic E-state index is -0.546. The normalized spacial score (nSPS) is 16.9. The van der Waals surface area contributed by atoms with Crippen molar-refractivity contribution in [3.8, 4) is 0 Å². The molecule has 0 aromatic carbocycles. The van der Waals surface area contributed by atoms with Crippen LogP contribution in [0.25, 0.3) is 0 Å². The number of esters is 2. The van der Waals surface area contributed by atoms with Crippen molar-refractivity contribution in [3.63, 3.8) is 0 Å². The fraction of sp³-hybridized carbons (Fsp3) is 0.800. The number of methoxy groups -OCH3 is 1. The van der Waals surface area contributed by atoms with Gasteiger partial charge in [0.1, 0.15) is 6.42 Å². The van der Waals surface area contributed by atoms with Crippen molar-refractivity contribution in [1.29, 1.82) is 0 Å². The Morgan fingerprint density at radius 1 is 1.14 bits per heavy atom. The van der Waals surface area contributed by atoms with Crippen LogP contribution in [0, 0.1) is 5.92 Å². The van der Waals surface area contributed by atoms with Gasteiger partial charge in [-0.3, -0.25) is 14.4 Å². The smallest absolute Gasteiger partial charge is 0.315 e. The predicted octanol–water partition coefficient (Wildman–Crippen LogP) is 1.57. The molecular formula is C15H25NO5. The van der Waals surface area contributed by atoms with E-state index in [-0.39, 0.29) is 37.4 Å². The Kier molecular flexibility index (Phi) is 7.79. The topological polar surface area (TPSA) is 81.7 Å². The van der Waals surface area contributed by atoms with Gasteiger partial charge in [0.25, 0.3) is 0 Å². The van der Waals surface area contributed by atoms with Gasteiger partial charge in [0, 0.05) is 6.04 Å². The van der Waals surface area contributed by atoms with Crippen LogP contribution in [0.2, 0.25) is 0 Å². The van der Waals surface area contributed by atoms with Gasteiger partial charge < -0.3 is 14.8 Å². The van der Waals surface area contributed by atoms with E-state index in [0.29, 0.717) is 0 Å². The molecule has 1 N–H and O–H groups in total. The van der Waals surface area contributed by atoms with E-state index in [1.807, 2.05) is 0 Å². The van der Waals surface area contributed by atoms with Crippen LogP contribution in [0.15, 0.2) is 0 Å². The molecule has 1 fully saturated rings. The van der Waals surface area contributed by atoms with Gasteiger partial charge in [0.05, 0.1) is 20.1 Å². The fourth-order valence-electron chi connectivity index (χ4n) is 2.74. The van der Waals surface area contributed by atoms with E-state index >= 15 is 0 Å². The van der Waals surface area contributed by atoms with E-state index in [1.165, 1.54) is 13.5 Å². The average molecular weight is 299 g/mol. The van der Waals surface area contributed by atoms with Gasteiger partial charge in [-0.05, 0) is 25.7 Å². The van der Waals surface area contributed by atoms with Crippen molar-refractivity contribution in [2.24, 2.45) is 5.92 Å². The molecule has 6 heteroatoms. The molecule has 0 bridgehead atoms. The summed E-state index contributed by atoms with van der Waals surface area (Å²) in [6.07, 6.45) is 5.22. The summed E-state index contributed by atoms with van der Waals surface area (Å²) in [5.41, 5.74) is 0. The fourth-order valence-corrected chi connectivity index (χ4v) is 2.74. The average Bonchev–Trinajstić information content (AvgIpc) is 2.47. The quantitative estimate of drug-likeness (QED) is 0.570. The summed E-state index contributed by atoms with van der Waals surface area (Å²) >= 11 is 0. The maximum absolute atomic E-state index is 11.9. The van der Waals surface area contributed by atoms with E-state index in [2.05, 4.69) is 5.32 Å². The largest absolute Gasteiger partial charge is 0.469 e. The van der Waals surface area contributed by atoms with Crippen LogP contribution in [0.4, 0.5) is 0 Å². The number of ether oxygens (including phenoxy) is 2. The molecular weight excluding hydrogens is 274 g/mol. The maximum atomic E-state index is 11.9. The highest BCUT2D eigenvalue weighted by atomic mass is 16.5. The lowest BCUT2D eigenvalue weighted by Gasteiger charge is -2.30. The van der Waals surface area contributed by atoms with Gasteiger partial charge in [0.15, 0.2) is 0 Å². The molecule has 120 valence electrons. The van der Waals surface area contributed by atoms with Crippen LogP contribution in [-0.2, 0) is 23.9 Å². The standard InChI is InChI=1S/C15H25NO5/c1-3-21-15(19)10-13(17)16-12(9-14(18)20-2)11-7-5-4-6-8-11/h11-12H,3-10H2,1-2H3,(H,16,17). The summed E-state index contributed by atoms with van der Waals surface area (Å²) in [6, 6.07) is -0.264. The molecule has 21 heavy (non-hydrogen) atoms. The first-order valence-corrected chi connectivity index (χ1v) is 7.58. The van der Waals surface area contributed by atoms with E-state index in [9.17, 15) is 14.4 Å². The molecule has 0 saturated heterocycles. The number of amides is 1. The molecule has 1 saturated carbocycles. The lowest BCUT2D eigenvalue weighted by molar-refractivity contribution is -0.146. The molecule has 0 aromatic heterocycles. The van der Waals surface area contributed by atoms with Crippen LogP contribution < -0.4 is 5.32 Å². The molecule has 1 amide bonds. The van der Waals surface area contributed by atoms with Gasteiger partial charge >= 0.3 is 11.9 Å². The summed E-state index contributed by atoms with van der Waals surface area (Å²) in [7, 11) is 1.33. The molecule has 1 unspecified atom stereocenters. The first kappa shape index (κ1) is 17.5. The maximum Gasteiger partial charge on any atom is 0.315 e. The van der Waals surface area contributed by atoms with Crippen molar-refractivity contribution in [3.05, 3.63) is 0 Å². The molecule has 0 radical (unpaired) electrons. The summed E-state index contributed by atoms with van der Waals surface area (Å²) in [4.78, 5) is 34.7. The second kappa shape index (κ2) is 9.37. The summed E-state index contributed by atoms with van der Waals surface area (Å²) in [5, 5.41) is 2.80. The monoisotopic (exact) mass is 299 g/mol. The Labute approximate surface area is 125 Å². The van der Waals surface area contributed by atoms with Gasteiger partial charge in [0.2, 0.25) is 5.91 Å². The Balaban J connectivity index is 2.56. The summed E-state index contributed by atoms with van der Waals surface area (Å²) in [5.74, 6) is -1.02. The predicted molar refractivity (Wildman–Crippen MR) is 76.4 cm³/mol. The third kappa shape index (κ3) is 6.60. The number of nitrogens with one attached hydrogen (secondary N) is 1. The number of hydrogen-bond donors (Lipinski definition) is 1. The van der Waals surface area contributed by atoms with E-state index in [4.69, 9.17) is 9.47 Å². The minimum Gasteiger partial charge on any atom is -0.469 e. The third-order valence-electron chi connectivity index (χ3n) is 3.79. The molecule has 6 nitrogen and oxygen atoms in total. The highest BCUT2D eigenvalue weighted by Crippen LogP contribution is 2.28. The summed E-state index contributed by atoms with van der Waals surface area (Å²) < 4.78 is 9.44. The number of carbonyl (C=O) groups is 3. The first-order valence-electron chi connectivity index (χ1n) is 7.58. The van der Waals surface area contributed by atoms with Crippen LogP contribution >= 0.6 is 0 Å². The van der Waals surface area contributed by atoms with Crippen LogP contribution in [-0.4, -0.2) is 37.6 Å². The van der Waals surface area contributed by atoms with Gasteiger partial charge in [-0.2, -0.15) is 0 Å². The molecule has 0 aromatic rings. The van der Waals surface area contributed by atoms with Crippen molar-refractivity contribution >= 4 is 17.8 Å². The lowest BCUT2D eigenvalue weighted by Crippen LogP contribution is -2.43. The van der Waals surface area contributed by atoms with E-state index < -0.39 is 11.9 Å². The molecule has 1 aliphatic carbocycles. The van der Waals surface area contributed by atoms with Crippen LogP contribution in [0.3, 0.4) is 0 Å². The number of carbonyl (C=O) groups excluding carboxylic acids is 3. The zero-order chi connectivity index (χ0) is 15.7. The zero-order valence-electron chi connectivity index (χ0n) is 12.9. The molecule has 1 aliphatic rings. The zero-order valence-corrected chi connectivity index (χ0v) is 12.9. The highest BCUT2D eigenvalue weighted by molar-refractivity contribution is 5.94. The number of rotatable bonds is 7. The Bertz CT molecular complexity index is 363. The molecule has 1 rings (SSSR count). The van der Waals surface area contributed by atoms with Crippen LogP contribution in [0.1, 0.15) is 51.9 Å². The van der Waals surface area contributed by atoms with Gasteiger partial charge in [-0.25, -0.2) is 0 Å². The second-order valence-corrected chi connectivity index (χ2v) is 5.33. The minimum absolute atomic E-state index is 0.149. The first-order chi connectivity index (χ1) is 10.1. The SMILES string of the molecule is CCOC(=O)CC(=O)NC(CC(=O)OC)C1CCCCC1. The van der Waals surface area contributed by atoms with Crippen molar-refractivity contribution < 1.29 is 23.9 Å². The second-order valence-electron chi connectivity index (χ2n) is 5.33. The molecule has 0 spiro atoms. The Morgan fingerprint density at radius 2 is 1.81 bits per heavy atom. The Morgan fingerprint density at radius 3 is 2.38 bits per heavy atom. The van der Waals surface area contributed by atoms with E-state index in [1.54, 1.807) is 6.92 Å². The van der Waals surface area contributed by atoms with Crippen molar-refractivity contribution in [2.45, 2.75) is 57.9 Å². The van der Waals surface area contributed by atoms with Crippen molar-refractivity contribution in [2.75, 3.05) is 13.7 Å². The van der Waals surface area contributed by atoms with Gasteiger partial charge in [-0.1, -0.05) is 19.3 Å². The van der Waals surface area contributed by atoms with Crippen LogP contribution in [0.5, 0.6) is 0 Å². The molecule has 0 heterocycles.